The Labute approximate surface area is 148 Å². The molecule has 0 radical (unpaired) electrons. The van der Waals surface area contributed by atoms with Crippen molar-refractivity contribution in [3.63, 3.8) is 0 Å². The number of H-pyrrole nitrogens is 1. The van der Waals surface area contributed by atoms with Crippen molar-refractivity contribution in [3.8, 4) is 11.5 Å². The average Bonchev–Trinajstić information content (AvgIpc) is 3.27. The Balaban J connectivity index is 1.53. The van der Waals surface area contributed by atoms with E-state index >= 15 is 0 Å². The Morgan fingerprint density at radius 2 is 2.00 bits per heavy atom. The summed E-state index contributed by atoms with van der Waals surface area (Å²) in [5, 5.41) is 9.25. The number of hydrogen-bond acceptors (Lipinski definition) is 6. The summed E-state index contributed by atoms with van der Waals surface area (Å²) in [6.45, 7) is 6.17. The first kappa shape index (κ1) is 15.0. The second-order valence-corrected chi connectivity index (χ2v) is 7.69. The molecule has 4 aromatic heterocycles. The summed E-state index contributed by atoms with van der Waals surface area (Å²) in [6.07, 6.45) is 4.24. The third-order valence-corrected chi connectivity index (χ3v) is 5.85. The lowest BCUT2D eigenvalue weighted by Gasteiger charge is -2.20. The molecular formula is C17H19N7S. The topological polar surface area (TPSA) is 83.8 Å². The molecule has 1 aliphatic rings. The Morgan fingerprint density at radius 3 is 2.80 bits per heavy atom. The van der Waals surface area contributed by atoms with E-state index in [0.29, 0.717) is 5.92 Å². The van der Waals surface area contributed by atoms with Crippen LogP contribution >= 0.6 is 11.3 Å². The van der Waals surface area contributed by atoms with Gasteiger partial charge in [0.15, 0.2) is 21.9 Å². The van der Waals surface area contributed by atoms with Crippen LogP contribution in [0.25, 0.3) is 27.6 Å². The average molecular weight is 353 g/mol. The van der Waals surface area contributed by atoms with Gasteiger partial charge in [-0.2, -0.15) is 5.10 Å². The quantitative estimate of drug-likeness (QED) is 0.579. The highest BCUT2D eigenvalue weighted by Gasteiger charge is 2.21. The molecule has 25 heavy (non-hydrogen) atoms. The summed E-state index contributed by atoms with van der Waals surface area (Å²) < 4.78 is 1.82. The second kappa shape index (κ2) is 5.60. The lowest BCUT2D eigenvalue weighted by atomic mass is 9.99. The first-order valence-corrected chi connectivity index (χ1v) is 9.40. The van der Waals surface area contributed by atoms with E-state index in [2.05, 4.69) is 20.4 Å². The lowest BCUT2D eigenvalue weighted by Crippen LogP contribution is -2.26. The summed E-state index contributed by atoms with van der Waals surface area (Å²) in [5.74, 6) is 1.32. The molecule has 1 fully saturated rings. The maximum Gasteiger partial charge on any atom is 0.169 e. The van der Waals surface area contributed by atoms with E-state index in [-0.39, 0.29) is 0 Å². The van der Waals surface area contributed by atoms with Gasteiger partial charge in [-0.1, -0.05) is 11.3 Å². The highest BCUT2D eigenvalue weighted by Crippen LogP contribution is 2.32. The standard InChI is InChI=1S/C17H19N7S/c1-9-7-12(23-24-8-10(2)19-15(9)24)13-20-14-17(21-13)25-16(22-14)11-3-5-18-6-4-11/h7-8,11,18H,3-6H2,1-2H3,(H,20,21). The minimum atomic E-state index is 0.558. The number of nitrogens with zero attached hydrogens (tertiary/aromatic N) is 5. The summed E-state index contributed by atoms with van der Waals surface area (Å²) in [7, 11) is 0. The SMILES string of the molecule is Cc1cn2nc(-c3nc4sc(C5CCNCC5)nc4[nH]3)cc(C)c2n1. The van der Waals surface area contributed by atoms with Gasteiger partial charge in [-0.05, 0) is 51.4 Å². The van der Waals surface area contributed by atoms with E-state index < -0.39 is 0 Å². The third kappa shape index (κ3) is 2.52. The van der Waals surface area contributed by atoms with Gasteiger partial charge in [-0.25, -0.2) is 19.5 Å². The Kier molecular flexibility index (Phi) is 3.36. The normalized spacial score (nSPS) is 16.2. The zero-order chi connectivity index (χ0) is 17.0. The van der Waals surface area contributed by atoms with Gasteiger partial charge in [0.1, 0.15) is 10.7 Å². The summed E-state index contributed by atoms with van der Waals surface area (Å²) in [4.78, 5) is 18.3. The van der Waals surface area contributed by atoms with Gasteiger partial charge in [0.25, 0.3) is 0 Å². The van der Waals surface area contributed by atoms with E-state index in [1.54, 1.807) is 11.3 Å². The molecule has 5 heterocycles. The van der Waals surface area contributed by atoms with Crippen molar-refractivity contribution in [3.05, 3.63) is 28.5 Å². The van der Waals surface area contributed by atoms with Crippen molar-refractivity contribution >= 4 is 27.5 Å². The van der Waals surface area contributed by atoms with Crippen LogP contribution in [0.3, 0.4) is 0 Å². The molecular weight excluding hydrogens is 334 g/mol. The van der Waals surface area contributed by atoms with Crippen LogP contribution in [0, 0.1) is 13.8 Å². The van der Waals surface area contributed by atoms with E-state index in [4.69, 9.17) is 9.97 Å². The molecule has 0 amide bonds. The predicted molar refractivity (Wildman–Crippen MR) is 98.1 cm³/mol. The van der Waals surface area contributed by atoms with Crippen LogP contribution in [0.15, 0.2) is 12.3 Å². The number of rotatable bonds is 2. The third-order valence-electron chi connectivity index (χ3n) is 4.74. The molecule has 0 bridgehead atoms. The number of thiazole rings is 1. The summed E-state index contributed by atoms with van der Waals surface area (Å²) in [5.41, 5.74) is 4.62. The molecule has 2 N–H and O–H groups in total. The molecule has 0 aromatic carbocycles. The number of aromatic amines is 1. The van der Waals surface area contributed by atoms with Gasteiger partial charge in [0.2, 0.25) is 0 Å². The van der Waals surface area contributed by atoms with Crippen LogP contribution in [0.1, 0.15) is 35.0 Å². The Bertz CT molecular complexity index is 1040. The molecule has 1 saturated heterocycles. The number of nitrogens with one attached hydrogen (secondary N) is 2. The van der Waals surface area contributed by atoms with Crippen LogP contribution < -0.4 is 5.32 Å². The van der Waals surface area contributed by atoms with Gasteiger partial charge < -0.3 is 10.3 Å². The van der Waals surface area contributed by atoms with Crippen molar-refractivity contribution in [2.24, 2.45) is 0 Å². The van der Waals surface area contributed by atoms with Gasteiger partial charge in [-0.3, -0.25) is 0 Å². The van der Waals surface area contributed by atoms with Crippen LogP contribution in [0.5, 0.6) is 0 Å². The summed E-state index contributed by atoms with van der Waals surface area (Å²) >= 11 is 1.70. The maximum absolute atomic E-state index is 4.80. The van der Waals surface area contributed by atoms with E-state index in [0.717, 1.165) is 64.8 Å². The molecule has 0 aliphatic carbocycles. The molecule has 5 rings (SSSR count). The smallest absolute Gasteiger partial charge is 0.169 e. The van der Waals surface area contributed by atoms with Gasteiger partial charge in [0.05, 0.1) is 11.9 Å². The molecule has 8 heteroatoms. The molecule has 0 atom stereocenters. The number of hydrogen-bond donors (Lipinski definition) is 2. The monoisotopic (exact) mass is 353 g/mol. The fraction of sp³-hybridized carbons (Fsp3) is 0.412. The molecule has 128 valence electrons. The number of aryl methyl sites for hydroxylation is 2. The van der Waals surface area contributed by atoms with Gasteiger partial charge in [0, 0.05) is 5.92 Å². The number of fused-ring (bicyclic) bond motifs is 2. The maximum atomic E-state index is 4.80. The van der Waals surface area contributed by atoms with Gasteiger partial charge in [-0.15, -0.1) is 0 Å². The highest BCUT2D eigenvalue weighted by atomic mass is 32.1. The highest BCUT2D eigenvalue weighted by molar-refractivity contribution is 7.18. The summed E-state index contributed by atoms with van der Waals surface area (Å²) in [6, 6.07) is 2.03. The zero-order valence-electron chi connectivity index (χ0n) is 14.2. The van der Waals surface area contributed by atoms with Crippen molar-refractivity contribution in [2.75, 3.05) is 13.1 Å². The molecule has 0 unspecified atom stereocenters. The van der Waals surface area contributed by atoms with E-state index in [9.17, 15) is 0 Å². The minimum Gasteiger partial charge on any atom is -0.320 e. The van der Waals surface area contributed by atoms with Crippen LogP contribution in [0.4, 0.5) is 0 Å². The van der Waals surface area contributed by atoms with E-state index in [1.807, 2.05) is 30.6 Å². The molecule has 1 aliphatic heterocycles. The Morgan fingerprint density at radius 1 is 1.16 bits per heavy atom. The molecule has 4 aromatic rings. The van der Waals surface area contributed by atoms with Gasteiger partial charge >= 0.3 is 0 Å². The van der Waals surface area contributed by atoms with E-state index in [1.165, 1.54) is 5.01 Å². The molecule has 0 saturated carbocycles. The number of piperidine rings is 1. The van der Waals surface area contributed by atoms with Crippen molar-refractivity contribution in [2.45, 2.75) is 32.6 Å². The van der Waals surface area contributed by atoms with Crippen molar-refractivity contribution in [1.29, 1.82) is 0 Å². The van der Waals surface area contributed by atoms with Crippen LogP contribution in [-0.4, -0.2) is 42.6 Å². The minimum absolute atomic E-state index is 0.558. The largest absolute Gasteiger partial charge is 0.320 e. The second-order valence-electron chi connectivity index (χ2n) is 6.68. The zero-order valence-corrected chi connectivity index (χ0v) is 15.0. The molecule has 7 nitrogen and oxygen atoms in total. The fourth-order valence-electron chi connectivity index (χ4n) is 3.45. The fourth-order valence-corrected chi connectivity index (χ4v) is 4.52. The number of aromatic nitrogens is 6. The van der Waals surface area contributed by atoms with Crippen LogP contribution in [-0.2, 0) is 0 Å². The Hall–Kier alpha value is -2.32. The number of imidazole rings is 2. The molecule has 0 spiro atoms. The predicted octanol–water partition coefficient (Wildman–Crippen LogP) is 2.81. The lowest BCUT2D eigenvalue weighted by molar-refractivity contribution is 0.459. The first-order chi connectivity index (χ1) is 12.2. The first-order valence-electron chi connectivity index (χ1n) is 8.58. The van der Waals surface area contributed by atoms with Crippen molar-refractivity contribution in [1.82, 2.24) is 34.9 Å². The van der Waals surface area contributed by atoms with Crippen molar-refractivity contribution < 1.29 is 0 Å². The van der Waals surface area contributed by atoms with Crippen LogP contribution in [0.2, 0.25) is 0 Å².